The molecule has 12 heteroatoms. The number of ether oxygens (including phenoxy) is 2. The van der Waals surface area contributed by atoms with Crippen molar-refractivity contribution in [2.45, 2.75) is 124 Å². The zero-order valence-corrected chi connectivity index (χ0v) is 37.6. The van der Waals surface area contributed by atoms with E-state index in [0.717, 1.165) is 61.3 Å². The molecular weight excluding hydrogens is 777 g/mol. The Labute approximate surface area is 369 Å². The summed E-state index contributed by atoms with van der Waals surface area (Å²) in [5.74, 6) is 2.20. The van der Waals surface area contributed by atoms with Gasteiger partial charge in [-0.25, -0.2) is 0 Å². The van der Waals surface area contributed by atoms with Gasteiger partial charge >= 0.3 is 0 Å². The molecule has 0 bridgehead atoms. The third kappa shape index (κ3) is 11.2. The lowest BCUT2D eigenvalue weighted by molar-refractivity contribution is -0.123. The van der Waals surface area contributed by atoms with Crippen molar-refractivity contribution < 1.29 is 19.1 Å². The number of rotatable bonds is 16. The lowest BCUT2D eigenvalue weighted by Gasteiger charge is -2.44. The van der Waals surface area contributed by atoms with Crippen LogP contribution in [-0.4, -0.2) is 82.8 Å². The second-order valence-electron chi connectivity index (χ2n) is 18.0. The molecular formula is C50H68N8O4. The quantitative estimate of drug-likeness (QED) is 0.106. The number of anilines is 4. The first kappa shape index (κ1) is 44.8. The van der Waals surface area contributed by atoms with Crippen LogP contribution in [0.15, 0.2) is 60.7 Å². The SMILES string of the molecule is CCCCOc1cc2c(c(N)n1)CC(=O)C(C)(C)N2Cc1cccc(CN2CCCC2)c1.CCCCOc1cc2c(c(N)n1)CC(=O)CN2Cc1ccc(CN2CCCC2)cc1. The molecule has 4 aromatic rings. The summed E-state index contributed by atoms with van der Waals surface area (Å²) < 4.78 is 11.7. The molecule has 4 N–H and O–H groups in total. The number of likely N-dealkylation sites (tertiary alicyclic amines) is 2. The molecule has 0 amide bonds. The van der Waals surface area contributed by atoms with Gasteiger partial charge in [-0.1, -0.05) is 75.2 Å². The molecule has 2 aromatic heterocycles. The molecule has 332 valence electrons. The minimum absolute atomic E-state index is 0.159. The molecule has 8 rings (SSSR count). The number of nitrogen functional groups attached to an aromatic ring is 2. The van der Waals surface area contributed by atoms with Crippen molar-refractivity contribution in [1.82, 2.24) is 19.8 Å². The van der Waals surface area contributed by atoms with E-state index in [0.29, 0.717) is 69.1 Å². The van der Waals surface area contributed by atoms with Crippen molar-refractivity contribution in [3.63, 3.8) is 0 Å². The average Bonchev–Trinajstić information content (AvgIpc) is 3.97. The Hall–Kier alpha value is -5.20. The number of pyridine rings is 2. The minimum Gasteiger partial charge on any atom is -0.478 e. The highest BCUT2D eigenvalue weighted by Crippen LogP contribution is 2.40. The van der Waals surface area contributed by atoms with Gasteiger partial charge in [-0.05, 0) is 101 Å². The van der Waals surface area contributed by atoms with Gasteiger partial charge in [0, 0.05) is 62.3 Å². The fourth-order valence-electron chi connectivity index (χ4n) is 8.96. The maximum absolute atomic E-state index is 13.1. The molecule has 12 nitrogen and oxygen atoms in total. The van der Waals surface area contributed by atoms with E-state index < -0.39 is 5.54 Å². The van der Waals surface area contributed by atoms with Crippen LogP contribution < -0.4 is 30.7 Å². The van der Waals surface area contributed by atoms with Crippen LogP contribution in [0.5, 0.6) is 11.8 Å². The van der Waals surface area contributed by atoms with Crippen LogP contribution in [0.1, 0.15) is 112 Å². The van der Waals surface area contributed by atoms with Crippen molar-refractivity contribution in [3.05, 3.63) is 94.0 Å². The zero-order valence-electron chi connectivity index (χ0n) is 37.6. The lowest BCUT2D eigenvalue weighted by atomic mass is 9.85. The average molecular weight is 845 g/mol. The number of carbonyl (C=O) groups is 2. The van der Waals surface area contributed by atoms with E-state index in [1.165, 1.54) is 74.1 Å². The smallest absolute Gasteiger partial charge is 0.217 e. The van der Waals surface area contributed by atoms with E-state index in [1.54, 1.807) is 0 Å². The summed E-state index contributed by atoms with van der Waals surface area (Å²) in [5.41, 5.74) is 20.4. The Kier molecular flexibility index (Phi) is 15.0. The number of unbranched alkanes of at least 4 members (excludes halogenated alkanes) is 2. The molecule has 4 aliphatic rings. The first-order valence-corrected chi connectivity index (χ1v) is 23.0. The summed E-state index contributed by atoms with van der Waals surface area (Å²) in [5, 5.41) is 0. The van der Waals surface area contributed by atoms with Crippen molar-refractivity contribution in [3.8, 4) is 11.8 Å². The second-order valence-corrected chi connectivity index (χ2v) is 18.0. The Morgan fingerprint density at radius 1 is 0.629 bits per heavy atom. The summed E-state index contributed by atoms with van der Waals surface area (Å²) in [4.78, 5) is 43.5. The number of Topliss-reactive ketones (excluding diaryl/α,β-unsaturated/α-hetero) is 2. The van der Waals surface area contributed by atoms with E-state index in [2.05, 4.69) is 91.9 Å². The predicted molar refractivity (Wildman–Crippen MR) is 249 cm³/mol. The predicted octanol–water partition coefficient (Wildman–Crippen LogP) is 7.92. The van der Waals surface area contributed by atoms with Crippen LogP contribution in [0.25, 0.3) is 0 Å². The molecule has 2 saturated heterocycles. The van der Waals surface area contributed by atoms with Gasteiger partial charge in [-0.2, -0.15) is 9.97 Å². The fraction of sp³-hybridized carbons (Fsp3) is 0.520. The van der Waals surface area contributed by atoms with Crippen LogP contribution >= 0.6 is 0 Å². The summed E-state index contributed by atoms with van der Waals surface area (Å²) in [6.45, 7) is 18.0. The normalized spacial score (nSPS) is 17.4. The van der Waals surface area contributed by atoms with Gasteiger partial charge in [0.25, 0.3) is 0 Å². The number of carbonyl (C=O) groups excluding carboxylic acids is 2. The fourth-order valence-corrected chi connectivity index (χ4v) is 8.96. The van der Waals surface area contributed by atoms with E-state index in [4.69, 9.17) is 20.9 Å². The Bertz CT molecular complexity index is 2150. The van der Waals surface area contributed by atoms with E-state index in [-0.39, 0.29) is 11.6 Å². The number of nitrogens with two attached hydrogens (primary N) is 2. The third-order valence-electron chi connectivity index (χ3n) is 12.7. The van der Waals surface area contributed by atoms with Crippen LogP contribution in [-0.2, 0) is 48.6 Å². The molecule has 2 aromatic carbocycles. The number of benzene rings is 2. The molecule has 4 aliphatic heterocycles. The highest BCUT2D eigenvalue weighted by Gasteiger charge is 2.41. The van der Waals surface area contributed by atoms with Gasteiger partial charge < -0.3 is 30.7 Å². The van der Waals surface area contributed by atoms with Crippen LogP contribution in [0.2, 0.25) is 0 Å². The van der Waals surface area contributed by atoms with E-state index >= 15 is 0 Å². The third-order valence-corrected chi connectivity index (χ3v) is 12.7. The molecule has 0 aliphatic carbocycles. The maximum atomic E-state index is 13.1. The van der Waals surface area contributed by atoms with Gasteiger partial charge in [0.1, 0.15) is 11.6 Å². The number of fused-ring (bicyclic) bond motifs is 2. The number of hydrogen-bond acceptors (Lipinski definition) is 12. The zero-order chi connectivity index (χ0) is 43.6. The van der Waals surface area contributed by atoms with Gasteiger partial charge in [-0.3, -0.25) is 19.4 Å². The van der Waals surface area contributed by atoms with Gasteiger partial charge in [0.2, 0.25) is 11.8 Å². The highest BCUT2D eigenvalue weighted by molar-refractivity contribution is 5.98. The molecule has 0 radical (unpaired) electrons. The molecule has 2 fully saturated rings. The lowest BCUT2D eigenvalue weighted by Crippen LogP contribution is -2.54. The summed E-state index contributed by atoms with van der Waals surface area (Å²) in [7, 11) is 0. The summed E-state index contributed by atoms with van der Waals surface area (Å²) >= 11 is 0. The Balaban J connectivity index is 0.000000187. The first-order valence-electron chi connectivity index (χ1n) is 23.0. The Morgan fingerprint density at radius 2 is 1.13 bits per heavy atom. The Morgan fingerprint density at radius 3 is 1.69 bits per heavy atom. The minimum atomic E-state index is -0.633. The molecule has 6 heterocycles. The van der Waals surface area contributed by atoms with Crippen molar-refractivity contribution in [2.75, 3.05) is 67.2 Å². The standard InChI is InChI=1S/C26H36N4O2.C24H32N4O2/c1-4-5-13-32-24-16-22-21(25(27)28-24)15-23(31)26(2,3)30(22)18-20-10-8-9-19(14-20)17-29-11-6-7-12-29;1-2-3-12-30-23-14-22-21(24(25)26-23)13-20(29)17-28(22)16-19-8-6-18(7-9-19)15-27-10-4-5-11-27/h8-10,14,16H,4-7,11-13,15,17-18H2,1-3H3,(H2,27,28);6-9,14H,2-5,10-13,15-17H2,1H3,(H2,25,26). The highest BCUT2D eigenvalue weighted by atomic mass is 16.5. The number of hydrogen-bond donors (Lipinski definition) is 2. The topological polar surface area (TPSA) is 143 Å². The molecule has 0 atom stereocenters. The van der Waals surface area contributed by atoms with Crippen molar-refractivity contribution >= 4 is 34.6 Å². The van der Waals surface area contributed by atoms with Crippen molar-refractivity contribution in [1.29, 1.82) is 0 Å². The number of aromatic nitrogens is 2. The van der Waals surface area contributed by atoms with Gasteiger partial charge in [-0.15, -0.1) is 0 Å². The molecule has 0 spiro atoms. The van der Waals surface area contributed by atoms with Crippen LogP contribution in [0.4, 0.5) is 23.0 Å². The van der Waals surface area contributed by atoms with E-state index in [9.17, 15) is 9.59 Å². The van der Waals surface area contributed by atoms with Gasteiger partial charge in [0.05, 0.1) is 36.7 Å². The number of ketones is 2. The maximum Gasteiger partial charge on any atom is 0.217 e. The van der Waals surface area contributed by atoms with Crippen LogP contribution in [0, 0.1) is 0 Å². The summed E-state index contributed by atoms with van der Waals surface area (Å²) in [6, 6.07) is 21.4. The second kappa shape index (κ2) is 20.8. The monoisotopic (exact) mass is 845 g/mol. The molecule has 0 unspecified atom stereocenters. The first-order chi connectivity index (χ1) is 30.0. The van der Waals surface area contributed by atoms with Gasteiger partial charge in [0.15, 0.2) is 11.6 Å². The van der Waals surface area contributed by atoms with E-state index in [1.807, 2.05) is 26.0 Å². The molecule has 62 heavy (non-hydrogen) atoms. The number of nitrogens with zero attached hydrogens (tertiary/aromatic N) is 6. The largest absolute Gasteiger partial charge is 0.478 e. The van der Waals surface area contributed by atoms with Crippen molar-refractivity contribution in [2.24, 2.45) is 0 Å². The van der Waals surface area contributed by atoms with Crippen LogP contribution in [0.3, 0.4) is 0 Å². The summed E-state index contributed by atoms with van der Waals surface area (Å²) in [6.07, 6.45) is 9.91. The molecule has 0 saturated carbocycles.